The molecule has 1 heterocycles. The van der Waals surface area contributed by atoms with E-state index in [1.807, 2.05) is 24.3 Å². The lowest BCUT2D eigenvalue weighted by atomic mass is 10.2. The average Bonchev–Trinajstić information content (AvgIpc) is 2.97. The molecule has 5 heteroatoms. The van der Waals surface area contributed by atoms with Crippen molar-refractivity contribution < 1.29 is 0 Å². The summed E-state index contributed by atoms with van der Waals surface area (Å²) in [6, 6.07) is 7.85. The van der Waals surface area contributed by atoms with Crippen LogP contribution in [0.2, 0.25) is 5.02 Å². The molecule has 1 aromatic carbocycles. The fraction of sp³-hybridized carbons (Fsp3) is 0.533. The van der Waals surface area contributed by atoms with Crippen LogP contribution in [0.25, 0.3) is 0 Å². The van der Waals surface area contributed by atoms with Crippen LogP contribution in [0.1, 0.15) is 25.3 Å². The van der Waals surface area contributed by atoms with Crippen molar-refractivity contribution in [3.05, 3.63) is 34.9 Å². The lowest BCUT2D eigenvalue weighted by Gasteiger charge is -2.14. The second-order valence-electron chi connectivity index (χ2n) is 4.80. The maximum absolute atomic E-state index is 6.15. The molecule has 1 aliphatic rings. The van der Waals surface area contributed by atoms with Gasteiger partial charge >= 0.3 is 0 Å². The quantitative estimate of drug-likeness (QED) is 0.647. The fourth-order valence-corrected chi connectivity index (χ4v) is 3.55. The molecule has 1 aliphatic heterocycles. The third-order valence-corrected chi connectivity index (χ3v) is 5.00. The van der Waals surface area contributed by atoms with Gasteiger partial charge in [0.2, 0.25) is 0 Å². The molecule has 1 saturated heterocycles. The molecular weight excluding hydrogens is 290 g/mol. The van der Waals surface area contributed by atoms with Gasteiger partial charge in [-0.1, -0.05) is 29.8 Å². The summed E-state index contributed by atoms with van der Waals surface area (Å²) in [5.41, 5.74) is 1.06. The zero-order valence-corrected chi connectivity index (χ0v) is 13.4. The first-order chi connectivity index (χ1) is 9.79. The second-order valence-corrected chi connectivity index (χ2v) is 6.62. The highest BCUT2D eigenvalue weighted by molar-refractivity contribution is 8.00. The molecule has 2 rings (SSSR count). The van der Waals surface area contributed by atoms with E-state index in [0.29, 0.717) is 6.54 Å². The van der Waals surface area contributed by atoms with Gasteiger partial charge in [-0.05, 0) is 37.1 Å². The number of halogens is 1. The molecule has 0 amide bonds. The molecule has 0 saturated carbocycles. The number of nitrogens with one attached hydrogen (secondary N) is 2. The van der Waals surface area contributed by atoms with Gasteiger partial charge in [0.25, 0.3) is 0 Å². The zero-order chi connectivity index (χ0) is 14.2. The topological polar surface area (TPSA) is 36.4 Å². The molecule has 0 aromatic heterocycles. The van der Waals surface area contributed by atoms with E-state index in [-0.39, 0.29) is 0 Å². The SMILES string of the molecule is CCNC(=NCc1ccccc1Cl)NCC1CCCS1. The Bertz CT molecular complexity index is 444. The highest BCUT2D eigenvalue weighted by Gasteiger charge is 2.15. The van der Waals surface area contributed by atoms with Crippen molar-refractivity contribution in [1.82, 2.24) is 10.6 Å². The van der Waals surface area contributed by atoms with Gasteiger partial charge in [0.1, 0.15) is 0 Å². The number of guanidine groups is 1. The van der Waals surface area contributed by atoms with Crippen molar-refractivity contribution >= 4 is 29.3 Å². The van der Waals surface area contributed by atoms with Crippen molar-refractivity contribution in [2.75, 3.05) is 18.8 Å². The average molecular weight is 312 g/mol. The maximum atomic E-state index is 6.15. The first-order valence-electron chi connectivity index (χ1n) is 7.16. The monoisotopic (exact) mass is 311 g/mol. The first kappa shape index (κ1) is 15.5. The van der Waals surface area contributed by atoms with Crippen molar-refractivity contribution in [3.63, 3.8) is 0 Å². The van der Waals surface area contributed by atoms with Crippen LogP contribution in [0.3, 0.4) is 0 Å². The highest BCUT2D eigenvalue weighted by atomic mass is 35.5. The summed E-state index contributed by atoms with van der Waals surface area (Å²) in [4.78, 5) is 4.61. The molecule has 1 aromatic rings. The number of hydrogen-bond donors (Lipinski definition) is 2. The van der Waals surface area contributed by atoms with Crippen LogP contribution < -0.4 is 10.6 Å². The van der Waals surface area contributed by atoms with E-state index in [9.17, 15) is 0 Å². The molecule has 1 fully saturated rings. The lowest BCUT2D eigenvalue weighted by molar-refractivity contribution is 0.727. The largest absolute Gasteiger partial charge is 0.357 e. The van der Waals surface area contributed by atoms with E-state index in [2.05, 4.69) is 34.3 Å². The first-order valence-corrected chi connectivity index (χ1v) is 8.59. The zero-order valence-electron chi connectivity index (χ0n) is 11.9. The minimum atomic E-state index is 0.604. The number of thioether (sulfide) groups is 1. The van der Waals surface area contributed by atoms with Gasteiger partial charge < -0.3 is 10.6 Å². The van der Waals surface area contributed by atoms with Crippen molar-refractivity contribution in [2.45, 2.75) is 31.6 Å². The summed E-state index contributed by atoms with van der Waals surface area (Å²) in [5.74, 6) is 2.17. The Hall–Kier alpha value is -0.870. The van der Waals surface area contributed by atoms with Crippen LogP contribution in [0.5, 0.6) is 0 Å². The Kier molecular flexibility index (Phi) is 6.54. The molecule has 1 atom stereocenters. The smallest absolute Gasteiger partial charge is 0.191 e. The molecule has 110 valence electrons. The number of nitrogens with zero attached hydrogens (tertiary/aromatic N) is 1. The molecule has 3 nitrogen and oxygen atoms in total. The van der Waals surface area contributed by atoms with Gasteiger partial charge in [0.15, 0.2) is 5.96 Å². The Morgan fingerprint density at radius 2 is 2.25 bits per heavy atom. The Morgan fingerprint density at radius 3 is 2.95 bits per heavy atom. The van der Waals surface area contributed by atoms with Crippen LogP contribution in [-0.4, -0.2) is 30.1 Å². The van der Waals surface area contributed by atoms with Crippen LogP contribution in [0, 0.1) is 0 Å². The summed E-state index contributed by atoms with van der Waals surface area (Å²) in [6.45, 7) is 4.54. The van der Waals surface area contributed by atoms with Crippen LogP contribution in [0.15, 0.2) is 29.3 Å². The van der Waals surface area contributed by atoms with E-state index in [1.165, 1.54) is 18.6 Å². The standard InChI is InChI=1S/C15H22ClN3S/c1-2-17-15(19-11-13-7-5-9-20-13)18-10-12-6-3-4-8-14(12)16/h3-4,6,8,13H,2,5,7,9-11H2,1H3,(H2,17,18,19). The van der Waals surface area contributed by atoms with Crippen molar-refractivity contribution in [2.24, 2.45) is 4.99 Å². The number of aliphatic imine (C=N–C) groups is 1. The molecule has 1 unspecified atom stereocenters. The van der Waals surface area contributed by atoms with Gasteiger partial charge in [0.05, 0.1) is 6.54 Å². The summed E-state index contributed by atoms with van der Waals surface area (Å²) < 4.78 is 0. The third-order valence-electron chi connectivity index (χ3n) is 3.23. The third kappa shape index (κ3) is 4.91. The maximum Gasteiger partial charge on any atom is 0.191 e. The second kappa shape index (κ2) is 8.42. The van der Waals surface area contributed by atoms with Gasteiger partial charge in [-0.3, -0.25) is 0 Å². The number of hydrogen-bond acceptors (Lipinski definition) is 2. The Morgan fingerprint density at radius 1 is 1.40 bits per heavy atom. The predicted molar refractivity (Wildman–Crippen MR) is 89.8 cm³/mol. The Balaban J connectivity index is 1.89. The summed E-state index contributed by atoms with van der Waals surface area (Å²) in [5, 5.41) is 8.21. The van der Waals surface area contributed by atoms with Gasteiger partial charge in [-0.25, -0.2) is 4.99 Å². The minimum Gasteiger partial charge on any atom is -0.357 e. The predicted octanol–water partition coefficient (Wildman–Crippen LogP) is 3.29. The molecule has 20 heavy (non-hydrogen) atoms. The van der Waals surface area contributed by atoms with E-state index in [1.54, 1.807) is 0 Å². The van der Waals surface area contributed by atoms with E-state index < -0.39 is 0 Å². The summed E-state index contributed by atoms with van der Waals surface area (Å²) in [7, 11) is 0. The van der Waals surface area contributed by atoms with Crippen LogP contribution in [0.4, 0.5) is 0 Å². The van der Waals surface area contributed by atoms with Gasteiger partial charge in [-0.2, -0.15) is 11.8 Å². The fourth-order valence-electron chi connectivity index (χ4n) is 2.15. The molecule has 0 bridgehead atoms. The van der Waals surface area contributed by atoms with Crippen molar-refractivity contribution in [1.29, 1.82) is 0 Å². The van der Waals surface area contributed by atoms with E-state index >= 15 is 0 Å². The lowest BCUT2D eigenvalue weighted by Crippen LogP contribution is -2.40. The van der Waals surface area contributed by atoms with E-state index in [4.69, 9.17) is 11.6 Å². The van der Waals surface area contributed by atoms with Gasteiger partial charge in [-0.15, -0.1) is 0 Å². The number of rotatable bonds is 5. The minimum absolute atomic E-state index is 0.604. The molecular formula is C15H22ClN3S. The van der Waals surface area contributed by atoms with Crippen LogP contribution >= 0.6 is 23.4 Å². The normalized spacial score (nSPS) is 19.1. The molecule has 2 N–H and O–H groups in total. The Labute approximate surface area is 130 Å². The molecule has 0 radical (unpaired) electrons. The van der Waals surface area contributed by atoms with Crippen molar-refractivity contribution in [3.8, 4) is 0 Å². The summed E-state index contributed by atoms with van der Waals surface area (Å²) in [6.07, 6.45) is 2.64. The molecule has 0 aliphatic carbocycles. The van der Waals surface area contributed by atoms with Gasteiger partial charge in [0, 0.05) is 23.4 Å². The highest BCUT2D eigenvalue weighted by Crippen LogP contribution is 2.25. The van der Waals surface area contributed by atoms with Crippen LogP contribution in [-0.2, 0) is 6.54 Å². The van der Waals surface area contributed by atoms with E-state index in [0.717, 1.165) is 34.9 Å². The summed E-state index contributed by atoms with van der Waals surface area (Å²) >= 11 is 8.20. The number of benzene rings is 1. The molecule has 0 spiro atoms.